The zero-order valence-electron chi connectivity index (χ0n) is 17.1. The van der Waals surface area contributed by atoms with Gasteiger partial charge in [-0.25, -0.2) is 0 Å². The summed E-state index contributed by atoms with van der Waals surface area (Å²) in [5, 5.41) is 3.85. The number of thioether (sulfide) groups is 1. The Morgan fingerprint density at radius 2 is 2.20 bits per heavy atom. The molecule has 0 bridgehead atoms. The van der Waals surface area contributed by atoms with Crippen molar-refractivity contribution in [2.24, 2.45) is 0 Å². The normalized spacial score (nSPS) is 13.7. The van der Waals surface area contributed by atoms with Gasteiger partial charge < -0.3 is 9.73 Å². The fraction of sp³-hybridized carbons (Fsp3) is 0.348. The summed E-state index contributed by atoms with van der Waals surface area (Å²) in [4.78, 5) is 18.3. The molecular formula is C23H25ClN2O2S2. The van der Waals surface area contributed by atoms with E-state index in [9.17, 15) is 4.79 Å². The van der Waals surface area contributed by atoms with Crippen molar-refractivity contribution in [1.82, 2.24) is 10.2 Å². The molecule has 158 valence electrons. The number of rotatable bonds is 8. The Bertz CT molecular complexity index is 1020. The average Bonchev–Trinajstić information content (AvgIpc) is 3.41. The maximum Gasteiger partial charge on any atom is 0.261 e. The predicted molar refractivity (Wildman–Crippen MR) is 126 cm³/mol. The highest BCUT2D eigenvalue weighted by Gasteiger charge is 2.22. The molecule has 1 N–H and O–H groups in total. The molecule has 7 heteroatoms. The second-order valence-corrected chi connectivity index (χ2v) is 9.96. The van der Waals surface area contributed by atoms with Crippen molar-refractivity contribution in [2.75, 3.05) is 13.1 Å². The molecule has 0 unspecified atom stereocenters. The van der Waals surface area contributed by atoms with Crippen LogP contribution in [-0.2, 0) is 12.3 Å². The summed E-state index contributed by atoms with van der Waals surface area (Å²) in [6.07, 6.45) is 2.75. The smallest absolute Gasteiger partial charge is 0.261 e. The van der Waals surface area contributed by atoms with Crippen LogP contribution in [0.3, 0.4) is 0 Å². The maximum absolute atomic E-state index is 12.8. The lowest BCUT2D eigenvalue weighted by Gasteiger charge is -2.27. The van der Waals surface area contributed by atoms with Crippen molar-refractivity contribution in [3.8, 4) is 10.4 Å². The fourth-order valence-corrected chi connectivity index (χ4v) is 6.15. The number of halogens is 1. The molecule has 3 heterocycles. The summed E-state index contributed by atoms with van der Waals surface area (Å²) < 4.78 is 5.50. The molecule has 0 fully saturated rings. The first-order chi connectivity index (χ1) is 14.5. The van der Waals surface area contributed by atoms with Gasteiger partial charge in [0.1, 0.15) is 5.76 Å². The Balaban J connectivity index is 1.39. The van der Waals surface area contributed by atoms with Gasteiger partial charge in [-0.1, -0.05) is 24.6 Å². The van der Waals surface area contributed by atoms with Gasteiger partial charge in [0.2, 0.25) is 0 Å². The molecule has 0 aliphatic carbocycles. The summed E-state index contributed by atoms with van der Waals surface area (Å²) in [6.45, 7) is 6.52. The largest absolute Gasteiger partial charge is 0.468 e. The summed E-state index contributed by atoms with van der Waals surface area (Å²) in [7, 11) is 0. The van der Waals surface area contributed by atoms with E-state index in [2.05, 4.69) is 30.1 Å². The number of furan rings is 1. The van der Waals surface area contributed by atoms with Crippen LogP contribution in [-0.4, -0.2) is 29.9 Å². The van der Waals surface area contributed by atoms with E-state index in [-0.39, 0.29) is 5.91 Å². The Kier molecular flexibility index (Phi) is 6.88. The van der Waals surface area contributed by atoms with Crippen molar-refractivity contribution < 1.29 is 9.21 Å². The fourth-order valence-electron chi connectivity index (χ4n) is 3.55. The molecule has 1 atom stereocenters. The van der Waals surface area contributed by atoms with Crippen LogP contribution >= 0.6 is 34.7 Å². The lowest BCUT2D eigenvalue weighted by molar-refractivity contribution is 0.0945. The number of hydrogen-bond donors (Lipinski definition) is 1. The molecule has 0 radical (unpaired) electrons. The quantitative estimate of drug-likeness (QED) is 0.428. The monoisotopic (exact) mass is 460 g/mol. The minimum atomic E-state index is -0.00277. The highest BCUT2D eigenvalue weighted by molar-refractivity contribution is 7.98. The molecule has 3 aromatic rings. The summed E-state index contributed by atoms with van der Waals surface area (Å²) in [5.74, 6) is 1.82. The minimum Gasteiger partial charge on any atom is -0.468 e. The zero-order chi connectivity index (χ0) is 21.1. The summed E-state index contributed by atoms with van der Waals surface area (Å²) >= 11 is 9.48. The number of nitrogens with zero attached hydrogens (tertiary/aromatic N) is 1. The lowest BCUT2D eigenvalue weighted by Crippen LogP contribution is -2.39. The van der Waals surface area contributed by atoms with Crippen LogP contribution in [0.15, 0.2) is 52.0 Å². The van der Waals surface area contributed by atoms with Crippen LogP contribution in [0.2, 0.25) is 5.02 Å². The highest BCUT2D eigenvalue weighted by Crippen LogP contribution is 2.46. The molecular weight excluding hydrogens is 436 g/mol. The van der Waals surface area contributed by atoms with E-state index < -0.39 is 0 Å². The van der Waals surface area contributed by atoms with Gasteiger partial charge in [-0.3, -0.25) is 9.69 Å². The van der Waals surface area contributed by atoms with Gasteiger partial charge >= 0.3 is 0 Å². The number of benzene rings is 1. The van der Waals surface area contributed by atoms with Crippen molar-refractivity contribution >= 4 is 40.6 Å². The first kappa shape index (κ1) is 21.5. The molecule has 30 heavy (non-hydrogen) atoms. The Hall–Kier alpha value is -1.73. The molecule has 0 spiro atoms. The van der Waals surface area contributed by atoms with Gasteiger partial charge in [0, 0.05) is 45.2 Å². The number of thiophene rings is 1. The van der Waals surface area contributed by atoms with E-state index in [1.165, 1.54) is 20.9 Å². The predicted octanol–water partition coefficient (Wildman–Crippen LogP) is 6.30. The molecule has 2 aromatic heterocycles. The highest BCUT2D eigenvalue weighted by atomic mass is 35.5. The van der Waals surface area contributed by atoms with Gasteiger partial charge in [0.15, 0.2) is 0 Å². The van der Waals surface area contributed by atoms with E-state index in [1.807, 2.05) is 30.3 Å². The van der Waals surface area contributed by atoms with Gasteiger partial charge in [-0.15, -0.1) is 23.1 Å². The number of carbonyl (C=O) groups excluding carboxylic acids is 1. The van der Waals surface area contributed by atoms with Crippen LogP contribution in [0.5, 0.6) is 0 Å². The summed E-state index contributed by atoms with van der Waals surface area (Å²) in [6, 6.07) is 12.3. The van der Waals surface area contributed by atoms with Gasteiger partial charge in [-0.2, -0.15) is 0 Å². The standard InChI is InChI=1S/C23H25ClN2O2S2/c1-3-15(2)26(13-18-5-4-10-28-18)9-8-25-23(27)21-11-16-14-29-20-12-17(24)6-7-19(20)22(16)30-21/h4-7,10-12,15H,3,8-9,13-14H2,1-2H3,(H,25,27)/t15-/m1/s1. The van der Waals surface area contributed by atoms with Crippen LogP contribution in [0.4, 0.5) is 0 Å². The third kappa shape index (κ3) is 4.78. The van der Waals surface area contributed by atoms with Crippen LogP contribution in [0.25, 0.3) is 10.4 Å². The van der Waals surface area contributed by atoms with Crippen molar-refractivity contribution in [3.63, 3.8) is 0 Å². The number of amides is 1. The second kappa shape index (κ2) is 9.60. The van der Waals surface area contributed by atoms with Crippen LogP contribution in [0.1, 0.15) is 41.3 Å². The van der Waals surface area contributed by atoms with E-state index in [0.29, 0.717) is 12.6 Å². The number of fused-ring (bicyclic) bond motifs is 3. The minimum absolute atomic E-state index is 0.00277. The Labute approximate surface area is 190 Å². The molecule has 4 rings (SSSR count). The Morgan fingerprint density at radius 3 is 2.97 bits per heavy atom. The molecule has 1 amide bonds. The van der Waals surface area contributed by atoms with Crippen molar-refractivity contribution in [1.29, 1.82) is 0 Å². The van der Waals surface area contributed by atoms with E-state index in [4.69, 9.17) is 16.0 Å². The molecule has 1 aliphatic heterocycles. The first-order valence-electron chi connectivity index (χ1n) is 10.1. The van der Waals surface area contributed by atoms with Crippen molar-refractivity contribution in [3.05, 3.63) is 63.9 Å². The molecule has 1 aromatic carbocycles. The molecule has 4 nitrogen and oxygen atoms in total. The number of carbonyl (C=O) groups is 1. The number of hydrogen-bond acceptors (Lipinski definition) is 5. The topological polar surface area (TPSA) is 45.5 Å². The number of nitrogens with one attached hydrogen (secondary N) is 1. The third-order valence-electron chi connectivity index (χ3n) is 5.44. The summed E-state index contributed by atoms with van der Waals surface area (Å²) in [5.41, 5.74) is 2.40. The molecule has 0 saturated heterocycles. The van der Waals surface area contributed by atoms with Gasteiger partial charge in [0.25, 0.3) is 5.91 Å². The first-order valence-corrected chi connectivity index (χ1v) is 12.3. The lowest BCUT2D eigenvalue weighted by atomic mass is 10.1. The van der Waals surface area contributed by atoms with E-state index in [0.717, 1.165) is 40.9 Å². The molecule has 0 saturated carbocycles. The van der Waals surface area contributed by atoms with Crippen molar-refractivity contribution in [2.45, 2.75) is 43.5 Å². The van der Waals surface area contributed by atoms with E-state index >= 15 is 0 Å². The van der Waals surface area contributed by atoms with Gasteiger partial charge in [-0.05, 0) is 49.2 Å². The average molecular weight is 461 g/mol. The third-order valence-corrected chi connectivity index (χ3v) is 7.99. The van der Waals surface area contributed by atoms with E-state index in [1.54, 1.807) is 29.4 Å². The SMILES string of the molecule is CC[C@@H](C)N(CCNC(=O)c1cc2c(s1)-c1ccc(Cl)cc1SC2)Cc1ccco1. The second-order valence-electron chi connectivity index (χ2n) is 7.46. The van der Waals surface area contributed by atoms with Crippen LogP contribution < -0.4 is 5.32 Å². The zero-order valence-corrected chi connectivity index (χ0v) is 19.5. The maximum atomic E-state index is 12.8. The Morgan fingerprint density at radius 1 is 1.33 bits per heavy atom. The van der Waals surface area contributed by atoms with Crippen LogP contribution in [0, 0.1) is 0 Å². The molecule has 1 aliphatic rings. The van der Waals surface area contributed by atoms with Gasteiger partial charge in [0.05, 0.1) is 17.7 Å².